The number of benzene rings is 3. The van der Waals surface area contributed by atoms with Crippen LogP contribution in [-0.4, -0.2) is 18.1 Å². The van der Waals surface area contributed by atoms with Crippen molar-refractivity contribution in [2.75, 3.05) is 12.4 Å². The third-order valence-electron chi connectivity index (χ3n) is 3.92. The Bertz CT molecular complexity index is 1040. The number of phenols is 1. The van der Waals surface area contributed by atoms with Gasteiger partial charge in [0, 0.05) is 11.1 Å². The van der Waals surface area contributed by atoms with Crippen molar-refractivity contribution in [2.45, 2.75) is 0 Å². The summed E-state index contributed by atoms with van der Waals surface area (Å²) in [6, 6.07) is 19.8. The molecule has 3 rings (SSSR count). The maximum absolute atomic E-state index is 12.5. The molecule has 3 aromatic carbocycles. The first kappa shape index (κ1) is 17.1. The lowest BCUT2D eigenvalue weighted by Crippen LogP contribution is -2.13. The molecule has 0 aliphatic rings. The van der Waals surface area contributed by atoms with Crippen LogP contribution in [0.3, 0.4) is 0 Å². The number of ether oxygens (including phenoxy) is 1. The summed E-state index contributed by atoms with van der Waals surface area (Å²) in [6.07, 6.45) is 1.45. The average molecular weight is 344 g/mol. The number of aromatic hydroxyl groups is 1. The maximum atomic E-state index is 12.5. The Labute approximate surface area is 150 Å². The highest BCUT2D eigenvalue weighted by Gasteiger charge is 2.12. The van der Waals surface area contributed by atoms with Crippen molar-refractivity contribution in [3.8, 4) is 17.6 Å². The SMILES string of the molecule is COc1cc(/C=C(\C#N)C(=O)Nc2cccc3ccccc23)ccc1O. The van der Waals surface area contributed by atoms with Gasteiger partial charge in [0.15, 0.2) is 11.5 Å². The number of fused-ring (bicyclic) bond motifs is 1. The highest BCUT2D eigenvalue weighted by Crippen LogP contribution is 2.28. The predicted molar refractivity (Wildman–Crippen MR) is 101 cm³/mol. The van der Waals surface area contributed by atoms with Gasteiger partial charge in [0.25, 0.3) is 5.91 Å². The molecule has 0 atom stereocenters. The lowest BCUT2D eigenvalue weighted by molar-refractivity contribution is -0.112. The van der Waals surface area contributed by atoms with Gasteiger partial charge in [0.1, 0.15) is 11.6 Å². The highest BCUT2D eigenvalue weighted by molar-refractivity contribution is 6.12. The summed E-state index contributed by atoms with van der Waals surface area (Å²) in [4.78, 5) is 12.5. The molecule has 0 aliphatic carbocycles. The van der Waals surface area contributed by atoms with Crippen LogP contribution in [0.2, 0.25) is 0 Å². The Morgan fingerprint density at radius 2 is 1.92 bits per heavy atom. The van der Waals surface area contributed by atoms with Crippen molar-refractivity contribution in [1.29, 1.82) is 5.26 Å². The van der Waals surface area contributed by atoms with Crippen molar-refractivity contribution in [3.63, 3.8) is 0 Å². The Kier molecular flexibility index (Phi) is 4.86. The molecule has 0 aliphatic heterocycles. The Balaban J connectivity index is 1.91. The van der Waals surface area contributed by atoms with E-state index in [1.54, 1.807) is 18.2 Å². The molecule has 5 nitrogen and oxygen atoms in total. The van der Waals surface area contributed by atoms with Gasteiger partial charge >= 0.3 is 0 Å². The van der Waals surface area contributed by atoms with Gasteiger partial charge in [-0.05, 0) is 35.2 Å². The van der Waals surface area contributed by atoms with E-state index >= 15 is 0 Å². The molecule has 2 N–H and O–H groups in total. The van der Waals surface area contributed by atoms with E-state index < -0.39 is 5.91 Å². The zero-order valence-corrected chi connectivity index (χ0v) is 14.1. The van der Waals surface area contributed by atoms with E-state index in [1.807, 2.05) is 42.5 Å². The molecule has 3 aromatic rings. The number of carbonyl (C=O) groups is 1. The molecular weight excluding hydrogens is 328 g/mol. The van der Waals surface area contributed by atoms with Gasteiger partial charge in [0.2, 0.25) is 0 Å². The number of methoxy groups -OCH3 is 1. The second kappa shape index (κ2) is 7.41. The number of nitrogens with zero attached hydrogens (tertiary/aromatic N) is 1. The van der Waals surface area contributed by atoms with Gasteiger partial charge in [0.05, 0.1) is 7.11 Å². The molecule has 0 saturated heterocycles. The molecule has 5 heteroatoms. The molecular formula is C21H16N2O3. The largest absolute Gasteiger partial charge is 0.504 e. The zero-order chi connectivity index (χ0) is 18.5. The summed E-state index contributed by atoms with van der Waals surface area (Å²) in [6.45, 7) is 0. The summed E-state index contributed by atoms with van der Waals surface area (Å²) in [5.41, 5.74) is 1.16. The summed E-state index contributed by atoms with van der Waals surface area (Å²) < 4.78 is 5.04. The fourth-order valence-corrected chi connectivity index (χ4v) is 2.62. The number of nitriles is 1. The van der Waals surface area contributed by atoms with E-state index in [4.69, 9.17) is 4.74 Å². The van der Waals surface area contributed by atoms with Gasteiger partial charge in [-0.25, -0.2) is 0 Å². The lowest BCUT2D eigenvalue weighted by Gasteiger charge is -2.08. The van der Waals surface area contributed by atoms with E-state index in [9.17, 15) is 15.2 Å². The second-order valence-corrected chi connectivity index (χ2v) is 5.58. The van der Waals surface area contributed by atoms with E-state index in [-0.39, 0.29) is 17.1 Å². The molecule has 0 spiro atoms. The minimum absolute atomic E-state index is 0.0108. The Morgan fingerprint density at radius 1 is 1.15 bits per heavy atom. The molecule has 0 saturated carbocycles. The van der Waals surface area contributed by atoms with Crippen LogP contribution in [0.1, 0.15) is 5.56 Å². The Hall–Kier alpha value is -3.78. The van der Waals surface area contributed by atoms with Crippen LogP contribution < -0.4 is 10.1 Å². The van der Waals surface area contributed by atoms with Gasteiger partial charge in [-0.15, -0.1) is 0 Å². The number of nitrogens with one attached hydrogen (secondary N) is 1. The van der Waals surface area contributed by atoms with E-state index in [0.717, 1.165) is 10.8 Å². The van der Waals surface area contributed by atoms with E-state index in [2.05, 4.69) is 5.32 Å². The van der Waals surface area contributed by atoms with Gasteiger partial charge < -0.3 is 15.2 Å². The lowest BCUT2D eigenvalue weighted by atomic mass is 10.1. The second-order valence-electron chi connectivity index (χ2n) is 5.58. The Morgan fingerprint density at radius 3 is 2.69 bits per heavy atom. The maximum Gasteiger partial charge on any atom is 0.266 e. The van der Waals surface area contributed by atoms with Crippen molar-refractivity contribution in [1.82, 2.24) is 0 Å². The fraction of sp³-hybridized carbons (Fsp3) is 0.0476. The van der Waals surface area contributed by atoms with Crippen LogP contribution in [0.15, 0.2) is 66.2 Å². The first-order valence-corrected chi connectivity index (χ1v) is 7.90. The molecule has 0 radical (unpaired) electrons. The predicted octanol–water partition coefficient (Wildman–Crippen LogP) is 4.10. The number of carbonyl (C=O) groups excluding carboxylic acids is 1. The number of phenolic OH excluding ortho intramolecular Hbond substituents is 1. The van der Waals surface area contributed by atoms with E-state index in [0.29, 0.717) is 11.3 Å². The van der Waals surface area contributed by atoms with Gasteiger partial charge in [-0.2, -0.15) is 5.26 Å². The zero-order valence-electron chi connectivity index (χ0n) is 14.1. The number of hydrogen-bond acceptors (Lipinski definition) is 4. The van der Waals surface area contributed by atoms with Crippen molar-refractivity contribution in [3.05, 3.63) is 71.8 Å². The summed E-state index contributed by atoms with van der Waals surface area (Å²) in [5.74, 6) is -0.246. The fourth-order valence-electron chi connectivity index (χ4n) is 2.62. The number of rotatable bonds is 4. The van der Waals surface area contributed by atoms with Crippen LogP contribution in [0.4, 0.5) is 5.69 Å². The van der Waals surface area contributed by atoms with Gasteiger partial charge in [-0.1, -0.05) is 42.5 Å². The first-order valence-electron chi connectivity index (χ1n) is 7.90. The smallest absolute Gasteiger partial charge is 0.266 e. The number of hydrogen-bond donors (Lipinski definition) is 2. The minimum atomic E-state index is -0.504. The highest BCUT2D eigenvalue weighted by atomic mass is 16.5. The summed E-state index contributed by atoms with van der Waals surface area (Å²) in [5, 5.41) is 23.7. The minimum Gasteiger partial charge on any atom is -0.504 e. The van der Waals surface area contributed by atoms with Crippen molar-refractivity contribution in [2.24, 2.45) is 0 Å². The summed E-state index contributed by atoms with van der Waals surface area (Å²) in [7, 11) is 1.43. The van der Waals surface area contributed by atoms with Crippen LogP contribution in [0.5, 0.6) is 11.5 Å². The normalized spacial score (nSPS) is 11.0. The third-order valence-corrected chi connectivity index (χ3v) is 3.92. The van der Waals surface area contributed by atoms with E-state index in [1.165, 1.54) is 19.3 Å². The molecule has 0 bridgehead atoms. The molecule has 128 valence electrons. The quantitative estimate of drug-likeness (QED) is 0.551. The standard InChI is InChI=1S/C21H16N2O3/c1-26-20-12-14(9-10-19(20)24)11-16(13-22)21(25)23-18-8-4-6-15-5-2-3-7-17(15)18/h2-12,24H,1H3,(H,23,25)/b16-11+. The van der Waals surface area contributed by atoms with Crippen LogP contribution in [0, 0.1) is 11.3 Å². The van der Waals surface area contributed by atoms with Crippen LogP contribution >= 0.6 is 0 Å². The number of amides is 1. The molecule has 0 heterocycles. The molecule has 0 fully saturated rings. The van der Waals surface area contributed by atoms with Crippen LogP contribution in [0.25, 0.3) is 16.8 Å². The topological polar surface area (TPSA) is 82.3 Å². The first-order chi connectivity index (χ1) is 12.6. The molecule has 26 heavy (non-hydrogen) atoms. The molecule has 1 amide bonds. The van der Waals surface area contributed by atoms with Crippen molar-refractivity contribution < 1.29 is 14.6 Å². The van der Waals surface area contributed by atoms with Crippen LogP contribution in [-0.2, 0) is 4.79 Å². The van der Waals surface area contributed by atoms with Crippen molar-refractivity contribution >= 4 is 28.4 Å². The third kappa shape index (κ3) is 3.50. The summed E-state index contributed by atoms with van der Waals surface area (Å²) >= 11 is 0. The number of anilines is 1. The van der Waals surface area contributed by atoms with Gasteiger partial charge in [-0.3, -0.25) is 4.79 Å². The monoisotopic (exact) mass is 344 g/mol. The molecule has 0 unspecified atom stereocenters. The molecule has 0 aromatic heterocycles. The average Bonchev–Trinajstić information content (AvgIpc) is 2.67.